The maximum absolute atomic E-state index is 12.7. The SMILES string of the molecule is COc1ccc(CCNC(=O)C2CCN(c3cc(C)nc(-n4ccnc4)n3)C2)cc1OC. The Labute approximate surface area is 187 Å². The van der Waals surface area contributed by atoms with Gasteiger partial charge in [-0.25, -0.2) is 9.97 Å². The Kier molecular flexibility index (Phi) is 6.53. The first kappa shape index (κ1) is 21.6. The normalized spacial score (nSPS) is 15.6. The van der Waals surface area contributed by atoms with Crippen molar-refractivity contribution in [3.63, 3.8) is 0 Å². The fraction of sp³-hybridized carbons (Fsp3) is 0.391. The van der Waals surface area contributed by atoms with Crippen molar-refractivity contribution in [2.24, 2.45) is 5.92 Å². The van der Waals surface area contributed by atoms with Crippen LogP contribution in [0.4, 0.5) is 5.82 Å². The molecule has 1 unspecified atom stereocenters. The number of amides is 1. The van der Waals surface area contributed by atoms with Crippen molar-refractivity contribution in [2.75, 3.05) is 38.8 Å². The summed E-state index contributed by atoms with van der Waals surface area (Å²) in [5.41, 5.74) is 1.96. The highest BCUT2D eigenvalue weighted by atomic mass is 16.5. The topological polar surface area (TPSA) is 94.4 Å². The van der Waals surface area contributed by atoms with Gasteiger partial charge in [0.1, 0.15) is 12.1 Å². The van der Waals surface area contributed by atoms with Gasteiger partial charge in [0.05, 0.1) is 20.1 Å². The van der Waals surface area contributed by atoms with E-state index in [1.165, 1.54) is 0 Å². The minimum absolute atomic E-state index is 0.0626. The Morgan fingerprint density at radius 3 is 2.78 bits per heavy atom. The van der Waals surface area contributed by atoms with E-state index in [9.17, 15) is 4.79 Å². The first-order valence-corrected chi connectivity index (χ1v) is 10.6. The Morgan fingerprint density at radius 1 is 1.19 bits per heavy atom. The second kappa shape index (κ2) is 9.67. The number of aromatic nitrogens is 4. The summed E-state index contributed by atoms with van der Waals surface area (Å²) in [6.07, 6.45) is 6.71. The Morgan fingerprint density at radius 2 is 2.03 bits per heavy atom. The highest BCUT2D eigenvalue weighted by molar-refractivity contribution is 5.80. The molecule has 1 aromatic carbocycles. The van der Waals surface area contributed by atoms with Gasteiger partial charge in [0.15, 0.2) is 11.5 Å². The van der Waals surface area contributed by atoms with Crippen LogP contribution in [-0.4, -0.2) is 59.3 Å². The van der Waals surface area contributed by atoms with Crippen molar-refractivity contribution in [1.29, 1.82) is 0 Å². The lowest BCUT2D eigenvalue weighted by Gasteiger charge is -2.18. The number of benzene rings is 1. The largest absolute Gasteiger partial charge is 0.493 e. The number of anilines is 1. The number of hydrogen-bond acceptors (Lipinski definition) is 7. The van der Waals surface area contributed by atoms with E-state index in [1.807, 2.05) is 37.4 Å². The van der Waals surface area contributed by atoms with Crippen LogP contribution >= 0.6 is 0 Å². The van der Waals surface area contributed by atoms with Gasteiger partial charge in [0, 0.05) is 43.8 Å². The van der Waals surface area contributed by atoms with E-state index in [0.717, 1.165) is 36.5 Å². The minimum Gasteiger partial charge on any atom is -0.493 e. The van der Waals surface area contributed by atoms with Gasteiger partial charge in [-0.05, 0) is 37.5 Å². The molecule has 168 valence electrons. The second-order valence-electron chi connectivity index (χ2n) is 7.80. The number of nitrogens with zero attached hydrogens (tertiary/aromatic N) is 5. The summed E-state index contributed by atoms with van der Waals surface area (Å²) in [5, 5.41) is 3.07. The smallest absolute Gasteiger partial charge is 0.237 e. The molecule has 1 amide bonds. The zero-order valence-corrected chi connectivity index (χ0v) is 18.6. The van der Waals surface area contributed by atoms with E-state index in [4.69, 9.17) is 9.47 Å². The summed E-state index contributed by atoms with van der Waals surface area (Å²) in [6.45, 7) is 3.94. The average Bonchev–Trinajstić information content (AvgIpc) is 3.51. The van der Waals surface area contributed by atoms with Gasteiger partial charge in [-0.2, -0.15) is 4.98 Å². The van der Waals surface area contributed by atoms with E-state index in [-0.39, 0.29) is 11.8 Å². The highest BCUT2D eigenvalue weighted by Gasteiger charge is 2.29. The Bertz CT molecular complexity index is 1070. The predicted molar refractivity (Wildman–Crippen MR) is 120 cm³/mol. The molecule has 9 heteroatoms. The summed E-state index contributed by atoms with van der Waals surface area (Å²) < 4.78 is 12.4. The summed E-state index contributed by atoms with van der Waals surface area (Å²) >= 11 is 0. The number of methoxy groups -OCH3 is 2. The van der Waals surface area contributed by atoms with E-state index in [2.05, 4.69) is 25.2 Å². The molecule has 3 aromatic rings. The minimum atomic E-state index is -0.0626. The average molecular weight is 437 g/mol. The van der Waals surface area contributed by atoms with Crippen LogP contribution in [0.5, 0.6) is 11.5 Å². The number of carbonyl (C=O) groups excluding carboxylic acids is 1. The molecule has 0 saturated carbocycles. The molecular formula is C23H28N6O3. The van der Waals surface area contributed by atoms with E-state index in [0.29, 0.717) is 30.5 Å². The van der Waals surface area contributed by atoms with Gasteiger partial charge in [0.2, 0.25) is 11.9 Å². The first-order valence-electron chi connectivity index (χ1n) is 10.6. The van der Waals surface area contributed by atoms with Crippen molar-refractivity contribution in [2.45, 2.75) is 19.8 Å². The van der Waals surface area contributed by atoms with Crippen LogP contribution in [0.25, 0.3) is 5.95 Å². The number of hydrogen-bond donors (Lipinski definition) is 1. The molecule has 4 rings (SSSR count). The Hall–Kier alpha value is -3.62. The molecule has 2 aromatic heterocycles. The molecule has 0 bridgehead atoms. The number of imidazole rings is 1. The number of carbonyl (C=O) groups is 1. The van der Waals surface area contributed by atoms with Crippen LogP contribution in [-0.2, 0) is 11.2 Å². The zero-order valence-electron chi connectivity index (χ0n) is 18.6. The molecule has 9 nitrogen and oxygen atoms in total. The third-order valence-electron chi connectivity index (χ3n) is 5.61. The number of ether oxygens (including phenoxy) is 2. The van der Waals surface area contributed by atoms with Gasteiger partial charge in [0.25, 0.3) is 0 Å². The summed E-state index contributed by atoms with van der Waals surface area (Å²) in [4.78, 5) is 28.1. The summed E-state index contributed by atoms with van der Waals surface area (Å²) in [7, 11) is 3.23. The zero-order chi connectivity index (χ0) is 22.5. The molecule has 1 atom stereocenters. The molecule has 0 spiro atoms. The summed E-state index contributed by atoms with van der Waals surface area (Å²) in [5.74, 6) is 2.82. The van der Waals surface area contributed by atoms with Crippen LogP contribution < -0.4 is 19.7 Å². The standard InChI is InChI=1S/C23H28N6O3/c1-16-12-21(27-23(26-16)29-11-9-24-15-29)28-10-7-18(14-28)22(30)25-8-6-17-4-5-19(31-2)20(13-17)32-3/h4-5,9,11-13,15,18H,6-8,10,14H2,1-3H3,(H,25,30). The maximum atomic E-state index is 12.7. The maximum Gasteiger partial charge on any atom is 0.237 e. The monoisotopic (exact) mass is 436 g/mol. The van der Waals surface area contributed by atoms with Gasteiger partial charge in [-0.15, -0.1) is 0 Å². The predicted octanol–water partition coefficient (Wildman–Crippen LogP) is 2.17. The first-order chi connectivity index (χ1) is 15.6. The van der Waals surface area contributed by atoms with Gasteiger partial charge >= 0.3 is 0 Å². The van der Waals surface area contributed by atoms with Crippen LogP contribution in [0.15, 0.2) is 43.0 Å². The van der Waals surface area contributed by atoms with Crippen LogP contribution in [0, 0.1) is 12.8 Å². The molecule has 1 N–H and O–H groups in total. The van der Waals surface area contributed by atoms with Gasteiger partial charge in [-0.1, -0.05) is 6.07 Å². The van der Waals surface area contributed by atoms with Gasteiger partial charge < -0.3 is 19.7 Å². The molecule has 1 aliphatic heterocycles. The van der Waals surface area contributed by atoms with Crippen LogP contribution in [0.2, 0.25) is 0 Å². The van der Waals surface area contributed by atoms with E-state index in [1.54, 1.807) is 31.3 Å². The highest BCUT2D eigenvalue weighted by Crippen LogP contribution is 2.28. The molecule has 3 heterocycles. The van der Waals surface area contributed by atoms with E-state index >= 15 is 0 Å². The lowest BCUT2D eigenvalue weighted by Crippen LogP contribution is -2.34. The van der Waals surface area contributed by atoms with Crippen LogP contribution in [0.3, 0.4) is 0 Å². The van der Waals surface area contributed by atoms with Crippen molar-refractivity contribution in [3.8, 4) is 17.4 Å². The van der Waals surface area contributed by atoms with Crippen LogP contribution in [0.1, 0.15) is 17.7 Å². The van der Waals surface area contributed by atoms with Crippen molar-refractivity contribution in [3.05, 3.63) is 54.2 Å². The molecular weight excluding hydrogens is 408 g/mol. The third kappa shape index (κ3) is 4.82. The molecule has 1 fully saturated rings. The fourth-order valence-electron chi connectivity index (χ4n) is 3.88. The van der Waals surface area contributed by atoms with Crippen molar-refractivity contribution < 1.29 is 14.3 Å². The summed E-state index contributed by atoms with van der Waals surface area (Å²) in [6, 6.07) is 7.77. The van der Waals surface area contributed by atoms with Crippen molar-refractivity contribution in [1.82, 2.24) is 24.8 Å². The van der Waals surface area contributed by atoms with Gasteiger partial charge in [-0.3, -0.25) is 9.36 Å². The molecule has 0 radical (unpaired) electrons. The molecule has 32 heavy (non-hydrogen) atoms. The Balaban J connectivity index is 1.32. The van der Waals surface area contributed by atoms with E-state index < -0.39 is 0 Å². The lowest BCUT2D eigenvalue weighted by molar-refractivity contribution is -0.124. The molecule has 1 aliphatic rings. The lowest BCUT2D eigenvalue weighted by atomic mass is 10.1. The number of nitrogens with one attached hydrogen (secondary N) is 1. The number of rotatable bonds is 8. The second-order valence-corrected chi connectivity index (χ2v) is 7.80. The van der Waals surface area contributed by atoms with Crippen molar-refractivity contribution >= 4 is 11.7 Å². The third-order valence-corrected chi connectivity index (χ3v) is 5.61. The number of aryl methyl sites for hydroxylation is 1. The molecule has 1 saturated heterocycles. The quantitative estimate of drug-likeness (QED) is 0.578. The fourth-order valence-corrected chi connectivity index (χ4v) is 3.88. The molecule has 0 aliphatic carbocycles.